The van der Waals surface area contributed by atoms with E-state index in [9.17, 15) is 22.8 Å². The van der Waals surface area contributed by atoms with E-state index >= 15 is 0 Å². The van der Waals surface area contributed by atoms with Crippen molar-refractivity contribution >= 4 is 27.6 Å². The average molecular weight is 356 g/mol. The number of amides is 2. The van der Waals surface area contributed by atoms with E-state index in [1.807, 2.05) is 0 Å². The molecule has 0 radical (unpaired) electrons. The fraction of sp³-hybridized carbons (Fsp3) is 0.400. The number of likely N-dealkylation sites (N-methyl/N-ethyl adjacent to an activating group) is 1. The Balaban J connectivity index is 2.55. The number of carbonyl (C=O) groups excluding carboxylic acids is 3. The van der Waals surface area contributed by atoms with E-state index in [0.717, 1.165) is 6.26 Å². The van der Waals surface area contributed by atoms with E-state index in [1.54, 1.807) is 20.2 Å². The fourth-order valence-corrected chi connectivity index (χ4v) is 2.47. The lowest BCUT2D eigenvalue weighted by Crippen LogP contribution is -2.38. The van der Waals surface area contributed by atoms with E-state index in [2.05, 4.69) is 5.32 Å². The zero-order valence-corrected chi connectivity index (χ0v) is 14.6. The highest BCUT2D eigenvalue weighted by atomic mass is 32.2. The number of rotatable bonds is 7. The minimum Gasteiger partial charge on any atom is -0.452 e. The molecule has 0 bridgehead atoms. The Bertz CT molecular complexity index is 727. The molecule has 0 unspecified atom stereocenters. The predicted molar refractivity (Wildman–Crippen MR) is 87.0 cm³/mol. The van der Waals surface area contributed by atoms with Gasteiger partial charge in [-0.1, -0.05) is 12.1 Å². The first-order valence-corrected chi connectivity index (χ1v) is 9.05. The third-order valence-electron chi connectivity index (χ3n) is 2.86. The molecule has 0 aromatic heterocycles. The Hall–Kier alpha value is -2.42. The second-order valence-corrected chi connectivity index (χ2v) is 7.55. The summed E-state index contributed by atoms with van der Waals surface area (Å²) < 4.78 is 27.4. The molecule has 0 fully saturated rings. The topological polar surface area (TPSA) is 110 Å². The SMILES string of the molecule is CN(C)C(=O)CNC(=O)COC(=O)c1cccc(CS(C)(=O)=O)c1. The maximum atomic E-state index is 11.9. The lowest BCUT2D eigenvalue weighted by atomic mass is 10.1. The zero-order chi connectivity index (χ0) is 18.3. The van der Waals surface area contributed by atoms with Gasteiger partial charge in [0.25, 0.3) is 5.91 Å². The number of carbonyl (C=O) groups is 3. The largest absolute Gasteiger partial charge is 0.452 e. The second-order valence-electron chi connectivity index (χ2n) is 5.41. The number of esters is 1. The molecule has 1 aromatic rings. The maximum Gasteiger partial charge on any atom is 0.338 e. The van der Waals surface area contributed by atoms with E-state index in [4.69, 9.17) is 4.74 Å². The summed E-state index contributed by atoms with van der Waals surface area (Å²) in [5.41, 5.74) is 0.598. The summed E-state index contributed by atoms with van der Waals surface area (Å²) in [6.45, 7) is -0.719. The summed E-state index contributed by atoms with van der Waals surface area (Å²) >= 11 is 0. The molecule has 0 saturated heterocycles. The van der Waals surface area contributed by atoms with Crippen LogP contribution >= 0.6 is 0 Å². The maximum absolute atomic E-state index is 11.9. The van der Waals surface area contributed by atoms with Gasteiger partial charge in [-0.05, 0) is 17.7 Å². The molecule has 1 N–H and O–H groups in total. The van der Waals surface area contributed by atoms with Gasteiger partial charge in [-0.25, -0.2) is 13.2 Å². The van der Waals surface area contributed by atoms with Gasteiger partial charge in [0.1, 0.15) is 0 Å². The molecule has 0 saturated carbocycles. The Morgan fingerprint density at radius 3 is 2.46 bits per heavy atom. The Kier molecular flexibility index (Phi) is 6.90. The van der Waals surface area contributed by atoms with Crippen molar-refractivity contribution in [3.05, 3.63) is 35.4 Å². The quantitative estimate of drug-likeness (QED) is 0.665. The number of ether oxygens (including phenoxy) is 1. The van der Waals surface area contributed by atoms with E-state index in [-0.39, 0.29) is 23.8 Å². The van der Waals surface area contributed by atoms with Gasteiger partial charge >= 0.3 is 5.97 Å². The Morgan fingerprint density at radius 2 is 1.88 bits per heavy atom. The van der Waals surface area contributed by atoms with Crippen LogP contribution in [0.5, 0.6) is 0 Å². The van der Waals surface area contributed by atoms with E-state index in [1.165, 1.54) is 23.1 Å². The molecule has 8 nitrogen and oxygen atoms in total. The first-order valence-electron chi connectivity index (χ1n) is 6.99. The third kappa shape index (κ3) is 7.23. The number of nitrogens with one attached hydrogen (secondary N) is 1. The minimum atomic E-state index is -3.22. The third-order valence-corrected chi connectivity index (χ3v) is 3.72. The first kappa shape index (κ1) is 19.6. The Morgan fingerprint density at radius 1 is 1.21 bits per heavy atom. The molecule has 0 aliphatic rings. The summed E-state index contributed by atoms with van der Waals surface area (Å²) in [5.74, 6) is -1.84. The zero-order valence-electron chi connectivity index (χ0n) is 13.7. The molecule has 0 atom stereocenters. The minimum absolute atomic E-state index is 0.147. The lowest BCUT2D eigenvalue weighted by molar-refractivity contribution is -0.131. The monoisotopic (exact) mass is 356 g/mol. The smallest absolute Gasteiger partial charge is 0.338 e. The van der Waals surface area contributed by atoms with Crippen LogP contribution in [0.1, 0.15) is 15.9 Å². The van der Waals surface area contributed by atoms with Gasteiger partial charge < -0.3 is 15.0 Å². The van der Waals surface area contributed by atoms with Crippen LogP contribution < -0.4 is 5.32 Å². The highest BCUT2D eigenvalue weighted by molar-refractivity contribution is 7.89. The van der Waals surface area contributed by atoms with Crippen molar-refractivity contribution in [1.82, 2.24) is 10.2 Å². The van der Waals surface area contributed by atoms with Crippen molar-refractivity contribution < 1.29 is 27.5 Å². The molecule has 0 aliphatic carbocycles. The fourth-order valence-electron chi connectivity index (χ4n) is 1.69. The number of hydrogen-bond acceptors (Lipinski definition) is 6. The second kappa shape index (κ2) is 8.44. The summed E-state index contributed by atoms with van der Waals surface area (Å²) in [4.78, 5) is 36.0. The van der Waals surface area contributed by atoms with Crippen molar-refractivity contribution in [2.75, 3.05) is 33.5 Å². The molecule has 0 spiro atoms. The average Bonchev–Trinajstić information content (AvgIpc) is 2.48. The summed E-state index contributed by atoms with van der Waals surface area (Å²) in [7, 11) is -0.113. The van der Waals surface area contributed by atoms with Crippen LogP contribution in [-0.4, -0.2) is 64.6 Å². The van der Waals surface area contributed by atoms with Crippen LogP contribution in [-0.2, 0) is 29.9 Å². The number of benzene rings is 1. The van der Waals surface area contributed by atoms with Gasteiger partial charge in [0.15, 0.2) is 16.4 Å². The van der Waals surface area contributed by atoms with E-state index in [0.29, 0.717) is 5.56 Å². The van der Waals surface area contributed by atoms with Crippen LogP contribution in [0, 0.1) is 0 Å². The number of nitrogens with zero attached hydrogens (tertiary/aromatic N) is 1. The number of sulfone groups is 1. The molecular weight excluding hydrogens is 336 g/mol. The predicted octanol–water partition coefficient (Wildman–Crippen LogP) is -0.408. The van der Waals surface area contributed by atoms with Gasteiger partial charge in [0.05, 0.1) is 17.9 Å². The van der Waals surface area contributed by atoms with Crippen molar-refractivity contribution in [1.29, 1.82) is 0 Å². The molecule has 2 amide bonds. The highest BCUT2D eigenvalue weighted by Gasteiger charge is 2.13. The van der Waals surface area contributed by atoms with Crippen molar-refractivity contribution in [2.45, 2.75) is 5.75 Å². The molecule has 1 aromatic carbocycles. The molecule has 24 heavy (non-hydrogen) atoms. The molecule has 0 heterocycles. The summed E-state index contributed by atoms with van der Waals surface area (Å²) in [5, 5.41) is 2.33. The van der Waals surface area contributed by atoms with Crippen molar-refractivity contribution in [3.8, 4) is 0 Å². The van der Waals surface area contributed by atoms with Crippen LogP contribution in [0.4, 0.5) is 0 Å². The lowest BCUT2D eigenvalue weighted by Gasteiger charge is -2.11. The van der Waals surface area contributed by atoms with Crippen molar-refractivity contribution in [2.24, 2.45) is 0 Å². The van der Waals surface area contributed by atoms with Crippen LogP contribution in [0.2, 0.25) is 0 Å². The molecular formula is C15H20N2O6S. The number of hydrogen-bond donors (Lipinski definition) is 1. The van der Waals surface area contributed by atoms with Gasteiger partial charge in [-0.2, -0.15) is 0 Å². The van der Waals surface area contributed by atoms with Gasteiger partial charge in [-0.3, -0.25) is 9.59 Å². The molecule has 1 rings (SSSR count). The standard InChI is InChI=1S/C15H20N2O6S/c1-17(2)14(19)8-16-13(18)9-23-15(20)12-6-4-5-11(7-12)10-24(3,21)22/h4-7H,8-10H2,1-3H3,(H,16,18). The molecule has 9 heteroatoms. The van der Waals surface area contributed by atoms with Gasteiger partial charge in [-0.15, -0.1) is 0 Å². The molecule has 132 valence electrons. The first-order chi connectivity index (χ1) is 11.1. The molecule has 0 aliphatic heterocycles. The Labute approximate surface area is 140 Å². The summed E-state index contributed by atoms with van der Waals surface area (Å²) in [6.07, 6.45) is 1.09. The van der Waals surface area contributed by atoms with Crippen LogP contribution in [0.15, 0.2) is 24.3 Å². The van der Waals surface area contributed by atoms with E-state index < -0.39 is 28.3 Å². The highest BCUT2D eigenvalue weighted by Crippen LogP contribution is 2.10. The van der Waals surface area contributed by atoms with Gasteiger partial charge in [0, 0.05) is 20.4 Å². The summed E-state index contributed by atoms with van der Waals surface area (Å²) in [6, 6.07) is 5.97. The van der Waals surface area contributed by atoms with Crippen LogP contribution in [0.25, 0.3) is 0 Å². The van der Waals surface area contributed by atoms with Crippen molar-refractivity contribution in [3.63, 3.8) is 0 Å². The van der Waals surface area contributed by atoms with Crippen LogP contribution in [0.3, 0.4) is 0 Å². The normalized spacial score (nSPS) is 10.8. The van der Waals surface area contributed by atoms with Gasteiger partial charge in [0.2, 0.25) is 5.91 Å².